The van der Waals surface area contributed by atoms with E-state index in [-0.39, 0.29) is 11.6 Å². The lowest BCUT2D eigenvalue weighted by molar-refractivity contribution is -0.137. The van der Waals surface area contributed by atoms with Gasteiger partial charge in [-0.2, -0.15) is 17.6 Å². The Labute approximate surface area is 109 Å². The van der Waals surface area contributed by atoms with Gasteiger partial charge in [-0.25, -0.2) is 9.97 Å². The Morgan fingerprint density at radius 3 is 2.47 bits per heavy atom. The monoisotopic (exact) mass is 292 g/mol. The molecule has 2 rings (SSSR count). The van der Waals surface area contributed by atoms with E-state index in [2.05, 4.69) is 9.97 Å². The number of alkyl halides is 3. The minimum Gasteiger partial charge on any atom is -0.439 e. The zero-order chi connectivity index (χ0) is 14.0. The third-order valence-corrected chi connectivity index (χ3v) is 2.40. The van der Waals surface area contributed by atoms with Crippen LogP contribution in [0.2, 0.25) is 5.02 Å². The van der Waals surface area contributed by atoms with Gasteiger partial charge in [0.15, 0.2) is 0 Å². The molecule has 0 atom stereocenters. The van der Waals surface area contributed by atoms with Gasteiger partial charge in [-0.05, 0) is 18.2 Å². The van der Waals surface area contributed by atoms with E-state index >= 15 is 0 Å². The number of ether oxygens (including phenoxy) is 1. The van der Waals surface area contributed by atoms with E-state index in [4.69, 9.17) is 16.3 Å². The maximum absolute atomic E-state index is 12.8. The highest BCUT2D eigenvalue weighted by Crippen LogP contribution is 2.37. The van der Waals surface area contributed by atoms with E-state index in [0.29, 0.717) is 6.07 Å². The van der Waals surface area contributed by atoms with Gasteiger partial charge in [-0.1, -0.05) is 11.6 Å². The maximum atomic E-state index is 12.8. The first-order valence-corrected chi connectivity index (χ1v) is 5.26. The summed E-state index contributed by atoms with van der Waals surface area (Å²) in [6, 6.07) is 3.82. The number of halogens is 5. The van der Waals surface area contributed by atoms with E-state index in [1.165, 1.54) is 6.07 Å². The summed E-state index contributed by atoms with van der Waals surface area (Å²) < 4.78 is 55.6. The van der Waals surface area contributed by atoms with Crippen molar-refractivity contribution in [2.45, 2.75) is 6.18 Å². The van der Waals surface area contributed by atoms with E-state index in [0.717, 1.165) is 18.5 Å². The van der Waals surface area contributed by atoms with Crippen molar-refractivity contribution in [1.29, 1.82) is 0 Å². The van der Waals surface area contributed by atoms with Crippen LogP contribution in [0.4, 0.5) is 17.6 Å². The van der Waals surface area contributed by atoms with Crippen LogP contribution in [0, 0.1) is 5.95 Å². The van der Waals surface area contributed by atoms with Crippen LogP contribution in [0.5, 0.6) is 11.6 Å². The Kier molecular flexibility index (Phi) is 3.57. The first-order valence-electron chi connectivity index (χ1n) is 4.88. The van der Waals surface area contributed by atoms with Crippen molar-refractivity contribution in [3.8, 4) is 11.6 Å². The van der Waals surface area contributed by atoms with Crippen LogP contribution in [-0.4, -0.2) is 9.97 Å². The largest absolute Gasteiger partial charge is 0.439 e. The van der Waals surface area contributed by atoms with Gasteiger partial charge in [-0.15, -0.1) is 0 Å². The molecular formula is C11H5ClF4N2O. The van der Waals surface area contributed by atoms with Gasteiger partial charge < -0.3 is 4.74 Å². The summed E-state index contributed by atoms with van der Waals surface area (Å²) in [4.78, 5) is 6.76. The third-order valence-electron chi connectivity index (χ3n) is 2.07. The minimum atomic E-state index is -4.60. The number of benzene rings is 1. The molecule has 1 aromatic carbocycles. The van der Waals surface area contributed by atoms with Crippen molar-refractivity contribution in [3.05, 3.63) is 47.1 Å². The standard InChI is InChI=1S/C11H5ClF4N2O/c12-8-2-1-6(3-7(8)11(14,15)16)19-10-4-9(13)17-5-18-10/h1-5H. The van der Waals surface area contributed by atoms with Gasteiger partial charge in [0.1, 0.15) is 12.1 Å². The summed E-state index contributed by atoms with van der Waals surface area (Å²) in [6.07, 6.45) is -3.71. The van der Waals surface area contributed by atoms with E-state index in [1.54, 1.807) is 0 Å². The summed E-state index contributed by atoms with van der Waals surface area (Å²) in [5.74, 6) is -1.22. The van der Waals surface area contributed by atoms with Crippen molar-refractivity contribution in [1.82, 2.24) is 9.97 Å². The lowest BCUT2D eigenvalue weighted by atomic mass is 10.2. The zero-order valence-corrected chi connectivity index (χ0v) is 9.84. The Bertz CT molecular complexity index is 603. The Hall–Kier alpha value is -1.89. The molecule has 0 bridgehead atoms. The van der Waals surface area contributed by atoms with Crippen LogP contribution < -0.4 is 4.74 Å². The average Bonchev–Trinajstić information content (AvgIpc) is 2.30. The van der Waals surface area contributed by atoms with E-state index in [1.807, 2.05) is 0 Å². The molecule has 1 aromatic heterocycles. The number of nitrogens with zero attached hydrogens (tertiary/aromatic N) is 2. The smallest absolute Gasteiger partial charge is 0.417 e. The summed E-state index contributed by atoms with van der Waals surface area (Å²) >= 11 is 5.45. The van der Waals surface area contributed by atoms with Gasteiger partial charge in [0.2, 0.25) is 11.8 Å². The van der Waals surface area contributed by atoms with Crippen molar-refractivity contribution < 1.29 is 22.3 Å². The number of hydrogen-bond donors (Lipinski definition) is 0. The lowest BCUT2D eigenvalue weighted by Crippen LogP contribution is -2.06. The molecule has 0 aliphatic carbocycles. The predicted octanol–water partition coefficient (Wildman–Crippen LogP) is 4.08. The fourth-order valence-electron chi connectivity index (χ4n) is 1.28. The fourth-order valence-corrected chi connectivity index (χ4v) is 1.50. The molecule has 8 heteroatoms. The predicted molar refractivity (Wildman–Crippen MR) is 58.5 cm³/mol. The topological polar surface area (TPSA) is 35.0 Å². The summed E-state index contributed by atoms with van der Waals surface area (Å²) in [7, 11) is 0. The highest BCUT2D eigenvalue weighted by molar-refractivity contribution is 6.31. The Morgan fingerprint density at radius 2 is 1.84 bits per heavy atom. The highest BCUT2D eigenvalue weighted by atomic mass is 35.5. The molecule has 100 valence electrons. The average molecular weight is 293 g/mol. The summed E-state index contributed by atoms with van der Waals surface area (Å²) in [6.45, 7) is 0. The van der Waals surface area contributed by atoms with Crippen LogP contribution in [0.1, 0.15) is 5.56 Å². The summed E-state index contributed by atoms with van der Waals surface area (Å²) in [5.41, 5.74) is -1.04. The van der Waals surface area contributed by atoms with Gasteiger partial charge in [0.25, 0.3) is 0 Å². The molecule has 2 aromatic rings. The number of hydrogen-bond acceptors (Lipinski definition) is 3. The van der Waals surface area contributed by atoms with Crippen LogP contribution in [-0.2, 0) is 6.18 Å². The third kappa shape index (κ3) is 3.31. The maximum Gasteiger partial charge on any atom is 0.417 e. The lowest BCUT2D eigenvalue weighted by Gasteiger charge is -2.11. The fraction of sp³-hybridized carbons (Fsp3) is 0.0909. The summed E-state index contributed by atoms with van der Waals surface area (Å²) in [5, 5.41) is -0.450. The first kappa shape index (κ1) is 13.5. The quantitative estimate of drug-likeness (QED) is 0.618. The van der Waals surface area contributed by atoms with Gasteiger partial charge in [-0.3, -0.25) is 0 Å². The Balaban J connectivity index is 2.32. The van der Waals surface area contributed by atoms with E-state index in [9.17, 15) is 17.6 Å². The number of rotatable bonds is 2. The second-order valence-corrected chi connectivity index (χ2v) is 3.83. The van der Waals surface area contributed by atoms with Crippen LogP contribution in [0.15, 0.2) is 30.6 Å². The molecule has 0 unspecified atom stereocenters. The van der Waals surface area contributed by atoms with Crippen molar-refractivity contribution >= 4 is 11.6 Å². The van der Waals surface area contributed by atoms with Crippen LogP contribution in [0.25, 0.3) is 0 Å². The molecule has 1 heterocycles. The Morgan fingerprint density at radius 1 is 1.11 bits per heavy atom. The molecule has 0 N–H and O–H groups in total. The van der Waals surface area contributed by atoms with Crippen LogP contribution >= 0.6 is 11.6 Å². The van der Waals surface area contributed by atoms with Gasteiger partial charge >= 0.3 is 6.18 Å². The van der Waals surface area contributed by atoms with Crippen molar-refractivity contribution in [2.75, 3.05) is 0 Å². The van der Waals surface area contributed by atoms with E-state index < -0.39 is 22.7 Å². The highest BCUT2D eigenvalue weighted by Gasteiger charge is 2.33. The molecule has 19 heavy (non-hydrogen) atoms. The number of aromatic nitrogens is 2. The SMILES string of the molecule is Fc1cc(Oc2ccc(Cl)c(C(F)(F)F)c2)ncn1. The minimum absolute atomic E-state index is 0.158. The molecule has 0 spiro atoms. The molecule has 0 radical (unpaired) electrons. The molecule has 3 nitrogen and oxygen atoms in total. The molecule has 0 amide bonds. The van der Waals surface area contributed by atoms with Crippen LogP contribution in [0.3, 0.4) is 0 Å². The van der Waals surface area contributed by atoms with Gasteiger partial charge in [0, 0.05) is 0 Å². The second kappa shape index (κ2) is 5.00. The van der Waals surface area contributed by atoms with Gasteiger partial charge in [0.05, 0.1) is 16.7 Å². The molecule has 0 aliphatic heterocycles. The van der Waals surface area contributed by atoms with Crippen molar-refractivity contribution in [2.24, 2.45) is 0 Å². The first-order chi connectivity index (χ1) is 8.86. The molecule has 0 saturated heterocycles. The van der Waals surface area contributed by atoms with Crippen molar-refractivity contribution in [3.63, 3.8) is 0 Å². The molecular weight excluding hydrogens is 288 g/mol. The molecule has 0 fully saturated rings. The zero-order valence-electron chi connectivity index (χ0n) is 9.08. The molecule has 0 saturated carbocycles. The molecule has 0 aliphatic rings. The second-order valence-electron chi connectivity index (χ2n) is 3.42. The normalized spacial score (nSPS) is 11.4.